The summed E-state index contributed by atoms with van der Waals surface area (Å²) in [4.78, 5) is 24.5. The quantitative estimate of drug-likeness (QED) is 0.748. The lowest BCUT2D eigenvalue weighted by molar-refractivity contribution is -0.141. The zero-order valence-electron chi connectivity index (χ0n) is 11.3. The van der Waals surface area contributed by atoms with Gasteiger partial charge in [0.2, 0.25) is 0 Å². The molecular formula is C11H17N5O4. The number of amides is 2. The molecule has 2 atom stereocenters. The van der Waals surface area contributed by atoms with Crippen LogP contribution in [0.2, 0.25) is 0 Å². The summed E-state index contributed by atoms with van der Waals surface area (Å²) in [6.07, 6.45) is 1.57. The van der Waals surface area contributed by atoms with Crippen LogP contribution in [0.1, 0.15) is 12.2 Å². The molecule has 0 radical (unpaired) electrons. The van der Waals surface area contributed by atoms with Crippen molar-refractivity contribution in [3.8, 4) is 0 Å². The Hall–Kier alpha value is -2.16. The smallest absolute Gasteiger partial charge is 0.326 e. The molecule has 110 valence electrons. The number of rotatable bonds is 4. The molecule has 1 saturated heterocycles. The highest BCUT2D eigenvalue weighted by Crippen LogP contribution is 2.20. The Bertz CT molecular complexity index is 503. The molecule has 1 aliphatic heterocycles. The van der Waals surface area contributed by atoms with Crippen molar-refractivity contribution in [1.29, 1.82) is 0 Å². The lowest BCUT2D eigenvalue weighted by Crippen LogP contribution is -2.46. The van der Waals surface area contributed by atoms with Gasteiger partial charge in [0.25, 0.3) is 0 Å². The van der Waals surface area contributed by atoms with E-state index in [-0.39, 0.29) is 19.2 Å². The van der Waals surface area contributed by atoms with E-state index in [1.807, 2.05) is 0 Å². The first-order valence-corrected chi connectivity index (χ1v) is 6.16. The molecule has 2 unspecified atom stereocenters. The van der Waals surface area contributed by atoms with E-state index in [1.54, 1.807) is 11.6 Å². The fraction of sp³-hybridized carbons (Fsp3) is 0.636. The van der Waals surface area contributed by atoms with Crippen molar-refractivity contribution in [1.82, 2.24) is 25.0 Å². The molecule has 2 rings (SSSR count). The maximum atomic E-state index is 12.1. The van der Waals surface area contributed by atoms with Gasteiger partial charge in [0, 0.05) is 27.1 Å². The number of nitrogens with one attached hydrogen (secondary N) is 1. The molecule has 2 amide bonds. The minimum absolute atomic E-state index is 0.190. The minimum atomic E-state index is -1.03. The van der Waals surface area contributed by atoms with Crippen LogP contribution in [0, 0.1) is 0 Å². The second kappa shape index (κ2) is 5.87. The number of urea groups is 1. The lowest BCUT2D eigenvalue weighted by atomic mass is 10.2. The van der Waals surface area contributed by atoms with Crippen LogP contribution in [-0.4, -0.2) is 62.6 Å². The zero-order valence-corrected chi connectivity index (χ0v) is 11.3. The molecule has 9 heteroatoms. The van der Waals surface area contributed by atoms with Crippen LogP contribution >= 0.6 is 0 Å². The van der Waals surface area contributed by atoms with Gasteiger partial charge in [-0.05, 0) is 0 Å². The lowest BCUT2D eigenvalue weighted by Gasteiger charge is -2.21. The monoisotopic (exact) mass is 283 g/mol. The molecule has 0 saturated carbocycles. The number of carboxylic acid groups (broad SMARTS) is 1. The Morgan fingerprint density at radius 2 is 2.35 bits per heavy atom. The number of hydrogen-bond acceptors (Lipinski definition) is 5. The Morgan fingerprint density at radius 1 is 1.60 bits per heavy atom. The SMILES string of the molecule is COC1CC(C(=O)O)N(C(=O)NCc2nncn2C)C1. The highest BCUT2D eigenvalue weighted by molar-refractivity contribution is 5.83. The van der Waals surface area contributed by atoms with E-state index in [2.05, 4.69) is 15.5 Å². The molecule has 2 N–H and O–H groups in total. The summed E-state index contributed by atoms with van der Waals surface area (Å²) in [5.74, 6) is -0.439. The van der Waals surface area contributed by atoms with Crippen molar-refractivity contribution in [2.75, 3.05) is 13.7 Å². The standard InChI is InChI=1S/C11H17N5O4/c1-15-6-13-14-9(15)4-12-11(19)16-5-7(20-2)3-8(16)10(17)18/h6-8H,3-5H2,1-2H3,(H,12,19)(H,17,18). The van der Waals surface area contributed by atoms with Gasteiger partial charge in [-0.2, -0.15) is 0 Å². The van der Waals surface area contributed by atoms with Crippen LogP contribution < -0.4 is 5.32 Å². The highest BCUT2D eigenvalue weighted by Gasteiger charge is 2.39. The van der Waals surface area contributed by atoms with Gasteiger partial charge in [0.1, 0.15) is 12.4 Å². The molecule has 0 bridgehead atoms. The molecule has 1 fully saturated rings. The summed E-state index contributed by atoms with van der Waals surface area (Å²) in [6.45, 7) is 0.452. The summed E-state index contributed by atoms with van der Waals surface area (Å²) in [7, 11) is 3.27. The van der Waals surface area contributed by atoms with E-state index < -0.39 is 18.0 Å². The predicted octanol–water partition coefficient (Wildman–Crippen LogP) is -0.801. The van der Waals surface area contributed by atoms with Gasteiger partial charge in [-0.15, -0.1) is 10.2 Å². The van der Waals surface area contributed by atoms with Crippen LogP contribution in [0.5, 0.6) is 0 Å². The molecule has 1 aliphatic rings. The van der Waals surface area contributed by atoms with Crippen LogP contribution in [0.15, 0.2) is 6.33 Å². The molecule has 0 aliphatic carbocycles. The summed E-state index contributed by atoms with van der Waals surface area (Å²) in [6, 6.07) is -1.31. The maximum absolute atomic E-state index is 12.1. The van der Waals surface area contributed by atoms with Gasteiger partial charge in [-0.25, -0.2) is 9.59 Å². The number of aromatic nitrogens is 3. The van der Waals surface area contributed by atoms with Crippen LogP contribution in [0.3, 0.4) is 0 Å². The van der Waals surface area contributed by atoms with Gasteiger partial charge in [0.15, 0.2) is 5.82 Å². The molecule has 1 aromatic heterocycles. The molecular weight excluding hydrogens is 266 g/mol. The van der Waals surface area contributed by atoms with Gasteiger partial charge >= 0.3 is 12.0 Å². The van der Waals surface area contributed by atoms with Crippen molar-refractivity contribution in [3.05, 3.63) is 12.2 Å². The van der Waals surface area contributed by atoms with Crippen molar-refractivity contribution in [3.63, 3.8) is 0 Å². The number of likely N-dealkylation sites (tertiary alicyclic amines) is 1. The number of ether oxygens (including phenoxy) is 1. The third-order valence-electron chi connectivity index (χ3n) is 3.34. The van der Waals surface area contributed by atoms with Crippen LogP contribution in [-0.2, 0) is 23.1 Å². The third kappa shape index (κ3) is 2.87. The molecule has 0 aromatic carbocycles. The topological polar surface area (TPSA) is 110 Å². The van der Waals surface area contributed by atoms with Crippen molar-refractivity contribution < 1.29 is 19.4 Å². The molecule has 0 spiro atoms. The molecule has 20 heavy (non-hydrogen) atoms. The van der Waals surface area contributed by atoms with Crippen LogP contribution in [0.4, 0.5) is 4.79 Å². The van der Waals surface area contributed by atoms with E-state index in [1.165, 1.54) is 18.3 Å². The number of aryl methyl sites for hydroxylation is 1. The van der Waals surface area contributed by atoms with E-state index >= 15 is 0 Å². The minimum Gasteiger partial charge on any atom is -0.480 e. The summed E-state index contributed by atoms with van der Waals surface area (Å²) in [5.41, 5.74) is 0. The summed E-state index contributed by atoms with van der Waals surface area (Å²) < 4.78 is 6.81. The summed E-state index contributed by atoms with van der Waals surface area (Å²) in [5, 5.41) is 19.3. The average Bonchev–Trinajstić information content (AvgIpc) is 3.02. The van der Waals surface area contributed by atoms with Gasteiger partial charge in [0.05, 0.1) is 12.6 Å². The largest absolute Gasteiger partial charge is 0.480 e. The fourth-order valence-electron chi connectivity index (χ4n) is 2.15. The number of carbonyl (C=O) groups is 2. The fourth-order valence-corrected chi connectivity index (χ4v) is 2.15. The van der Waals surface area contributed by atoms with Crippen molar-refractivity contribution >= 4 is 12.0 Å². The number of aliphatic carboxylic acids is 1. The highest BCUT2D eigenvalue weighted by atomic mass is 16.5. The van der Waals surface area contributed by atoms with E-state index in [0.29, 0.717) is 12.2 Å². The molecule has 1 aromatic rings. The number of carboxylic acids is 1. The first-order chi connectivity index (χ1) is 9.52. The first kappa shape index (κ1) is 14.3. The Morgan fingerprint density at radius 3 is 2.90 bits per heavy atom. The number of hydrogen-bond donors (Lipinski definition) is 2. The zero-order chi connectivity index (χ0) is 14.7. The second-order valence-electron chi connectivity index (χ2n) is 4.62. The second-order valence-corrected chi connectivity index (χ2v) is 4.62. The normalized spacial score (nSPS) is 22.0. The van der Waals surface area contributed by atoms with Gasteiger partial charge < -0.3 is 24.6 Å². The van der Waals surface area contributed by atoms with Gasteiger partial charge in [-0.1, -0.05) is 0 Å². The average molecular weight is 283 g/mol. The Labute approximate surface area is 115 Å². The van der Waals surface area contributed by atoms with Crippen molar-refractivity contribution in [2.24, 2.45) is 7.05 Å². The van der Waals surface area contributed by atoms with E-state index in [4.69, 9.17) is 9.84 Å². The van der Waals surface area contributed by atoms with Gasteiger partial charge in [-0.3, -0.25) is 0 Å². The Balaban J connectivity index is 1.97. The third-order valence-corrected chi connectivity index (χ3v) is 3.34. The number of methoxy groups -OCH3 is 1. The Kier molecular flexibility index (Phi) is 4.18. The molecule has 2 heterocycles. The van der Waals surface area contributed by atoms with E-state index in [9.17, 15) is 9.59 Å². The number of nitrogens with zero attached hydrogens (tertiary/aromatic N) is 4. The van der Waals surface area contributed by atoms with E-state index in [0.717, 1.165) is 0 Å². The maximum Gasteiger partial charge on any atom is 0.326 e. The summed E-state index contributed by atoms with van der Waals surface area (Å²) >= 11 is 0. The van der Waals surface area contributed by atoms with Crippen molar-refractivity contribution in [2.45, 2.75) is 25.1 Å². The first-order valence-electron chi connectivity index (χ1n) is 6.16. The molecule has 9 nitrogen and oxygen atoms in total. The number of carbonyl (C=O) groups excluding carboxylic acids is 1. The predicted molar refractivity (Wildman–Crippen MR) is 66.8 cm³/mol. The van der Waals surface area contributed by atoms with Crippen LogP contribution in [0.25, 0.3) is 0 Å².